The molecule has 0 radical (unpaired) electrons. The highest BCUT2D eigenvalue weighted by atomic mass is 16.2. The van der Waals surface area contributed by atoms with Gasteiger partial charge in [0.15, 0.2) is 5.78 Å². The minimum Gasteiger partial charge on any atom is -0.329 e. The van der Waals surface area contributed by atoms with Gasteiger partial charge in [-0.05, 0) is 31.4 Å². The maximum atomic E-state index is 12.7. The molecule has 1 aliphatic rings. The minimum absolute atomic E-state index is 0.0630. The molecule has 0 N–H and O–H groups in total. The standard InChI is InChI=1S/C16H19N3O2/c1-2-14(20)13-5-3-4-8-19(13)16(21)12-6-9-18-10-7-17-15(18)11-12/h6-7,9-11,13H,2-5,8H2,1H3/t13-/m0/s1. The first-order valence-corrected chi connectivity index (χ1v) is 7.47. The summed E-state index contributed by atoms with van der Waals surface area (Å²) in [6.07, 6.45) is 8.61. The van der Waals surface area contributed by atoms with Crippen LogP contribution in [-0.2, 0) is 4.79 Å². The molecule has 0 bridgehead atoms. The van der Waals surface area contributed by atoms with E-state index in [0.29, 0.717) is 18.5 Å². The number of ketones is 1. The molecule has 0 spiro atoms. The number of carbonyl (C=O) groups is 2. The molecule has 3 heterocycles. The van der Waals surface area contributed by atoms with Crippen LogP contribution in [0.2, 0.25) is 0 Å². The summed E-state index contributed by atoms with van der Waals surface area (Å²) in [7, 11) is 0. The number of rotatable bonds is 3. The van der Waals surface area contributed by atoms with Crippen molar-refractivity contribution in [3.05, 3.63) is 36.3 Å². The number of hydrogen-bond acceptors (Lipinski definition) is 3. The van der Waals surface area contributed by atoms with Gasteiger partial charge in [-0.25, -0.2) is 4.98 Å². The lowest BCUT2D eigenvalue weighted by atomic mass is 9.96. The third-order valence-electron chi connectivity index (χ3n) is 4.13. The summed E-state index contributed by atoms with van der Waals surface area (Å²) in [5, 5.41) is 0. The van der Waals surface area contributed by atoms with Crippen LogP contribution >= 0.6 is 0 Å². The van der Waals surface area contributed by atoms with Gasteiger partial charge in [0.1, 0.15) is 5.65 Å². The number of amides is 1. The molecule has 0 saturated carbocycles. The van der Waals surface area contributed by atoms with Crippen LogP contribution in [0.4, 0.5) is 0 Å². The lowest BCUT2D eigenvalue weighted by molar-refractivity contribution is -0.124. The number of imidazole rings is 1. The molecule has 3 rings (SSSR count). The summed E-state index contributed by atoms with van der Waals surface area (Å²) >= 11 is 0. The summed E-state index contributed by atoms with van der Waals surface area (Å²) < 4.78 is 1.86. The zero-order chi connectivity index (χ0) is 14.8. The third-order valence-corrected chi connectivity index (χ3v) is 4.13. The van der Waals surface area contributed by atoms with Crippen LogP contribution in [0.3, 0.4) is 0 Å². The Bertz CT molecular complexity index is 677. The average Bonchev–Trinajstić information content (AvgIpc) is 3.01. The van der Waals surface area contributed by atoms with E-state index in [0.717, 1.165) is 24.9 Å². The molecule has 2 aromatic rings. The summed E-state index contributed by atoms with van der Waals surface area (Å²) in [5.74, 6) is 0.0944. The van der Waals surface area contributed by atoms with Gasteiger partial charge in [0.05, 0.1) is 6.04 Å². The second-order valence-electron chi connectivity index (χ2n) is 5.44. The van der Waals surface area contributed by atoms with Gasteiger partial charge in [0, 0.05) is 37.1 Å². The molecular weight excluding hydrogens is 266 g/mol. The van der Waals surface area contributed by atoms with Crippen molar-refractivity contribution in [3.8, 4) is 0 Å². The molecule has 1 saturated heterocycles. The van der Waals surface area contributed by atoms with Gasteiger partial charge >= 0.3 is 0 Å². The lowest BCUT2D eigenvalue weighted by Gasteiger charge is -2.34. The predicted molar refractivity (Wildman–Crippen MR) is 79.2 cm³/mol. The number of piperidine rings is 1. The largest absolute Gasteiger partial charge is 0.329 e. The van der Waals surface area contributed by atoms with Crippen molar-refractivity contribution in [1.29, 1.82) is 0 Å². The van der Waals surface area contributed by atoms with Crippen LogP contribution in [0.5, 0.6) is 0 Å². The van der Waals surface area contributed by atoms with Crippen LogP contribution < -0.4 is 0 Å². The monoisotopic (exact) mass is 285 g/mol. The van der Waals surface area contributed by atoms with Crippen LogP contribution in [-0.4, -0.2) is 38.6 Å². The van der Waals surface area contributed by atoms with Crippen LogP contribution in [0.25, 0.3) is 5.65 Å². The molecule has 1 fully saturated rings. The van der Waals surface area contributed by atoms with E-state index in [1.165, 1.54) is 0 Å². The van der Waals surface area contributed by atoms with Gasteiger partial charge in [0.2, 0.25) is 0 Å². The van der Waals surface area contributed by atoms with E-state index >= 15 is 0 Å². The number of carbonyl (C=O) groups excluding carboxylic acids is 2. The zero-order valence-electron chi connectivity index (χ0n) is 12.2. The van der Waals surface area contributed by atoms with Gasteiger partial charge in [-0.3, -0.25) is 9.59 Å². The summed E-state index contributed by atoms with van der Waals surface area (Å²) in [4.78, 5) is 30.7. The van der Waals surface area contributed by atoms with Crippen molar-refractivity contribution in [2.24, 2.45) is 0 Å². The van der Waals surface area contributed by atoms with Crippen molar-refractivity contribution >= 4 is 17.3 Å². The SMILES string of the molecule is CCC(=O)[C@@H]1CCCCN1C(=O)c1ccn2ccnc2c1. The van der Waals surface area contributed by atoms with Crippen molar-refractivity contribution < 1.29 is 9.59 Å². The first-order chi connectivity index (χ1) is 10.2. The Labute approximate surface area is 123 Å². The number of pyridine rings is 1. The molecule has 1 amide bonds. The van der Waals surface area contributed by atoms with E-state index < -0.39 is 0 Å². The van der Waals surface area contributed by atoms with Gasteiger partial charge in [-0.1, -0.05) is 6.92 Å². The Morgan fingerprint density at radius 1 is 1.33 bits per heavy atom. The highest BCUT2D eigenvalue weighted by Gasteiger charge is 2.31. The predicted octanol–water partition coefficient (Wildman–Crippen LogP) is 2.31. The number of Topliss-reactive ketones (excluding diaryl/α,β-unsaturated/α-hetero) is 1. The molecule has 2 aromatic heterocycles. The topological polar surface area (TPSA) is 54.7 Å². The number of hydrogen-bond donors (Lipinski definition) is 0. The highest BCUT2D eigenvalue weighted by Crippen LogP contribution is 2.21. The van der Waals surface area contributed by atoms with Gasteiger partial charge in [0.25, 0.3) is 5.91 Å². The van der Waals surface area contributed by atoms with Crippen LogP contribution in [0.1, 0.15) is 43.0 Å². The van der Waals surface area contributed by atoms with E-state index in [1.54, 1.807) is 23.2 Å². The lowest BCUT2D eigenvalue weighted by Crippen LogP contribution is -2.47. The van der Waals surface area contributed by atoms with Crippen molar-refractivity contribution in [3.63, 3.8) is 0 Å². The Balaban J connectivity index is 1.89. The van der Waals surface area contributed by atoms with Gasteiger partial charge in [-0.15, -0.1) is 0 Å². The fourth-order valence-electron chi connectivity index (χ4n) is 2.95. The molecule has 5 heteroatoms. The quantitative estimate of drug-likeness (QED) is 0.869. The Morgan fingerprint density at radius 3 is 3.00 bits per heavy atom. The van der Waals surface area contributed by atoms with Crippen molar-refractivity contribution in [2.75, 3.05) is 6.54 Å². The minimum atomic E-state index is -0.257. The maximum Gasteiger partial charge on any atom is 0.254 e. The molecule has 5 nitrogen and oxygen atoms in total. The molecule has 21 heavy (non-hydrogen) atoms. The summed E-state index contributed by atoms with van der Waals surface area (Å²) in [6, 6.07) is 3.32. The number of fused-ring (bicyclic) bond motifs is 1. The average molecular weight is 285 g/mol. The molecular formula is C16H19N3O2. The van der Waals surface area contributed by atoms with E-state index in [2.05, 4.69) is 4.98 Å². The van der Waals surface area contributed by atoms with Crippen molar-refractivity contribution in [1.82, 2.24) is 14.3 Å². The van der Waals surface area contributed by atoms with Gasteiger partial charge in [-0.2, -0.15) is 0 Å². The number of aromatic nitrogens is 2. The third kappa shape index (κ3) is 2.55. The van der Waals surface area contributed by atoms with Crippen LogP contribution in [0.15, 0.2) is 30.7 Å². The fraction of sp³-hybridized carbons (Fsp3) is 0.438. The molecule has 1 atom stereocenters. The first-order valence-electron chi connectivity index (χ1n) is 7.47. The highest BCUT2D eigenvalue weighted by molar-refractivity contribution is 5.98. The normalized spacial score (nSPS) is 18.9. The Hall–Kier alpha value is -2.17. The van der Waals surface area contributed by atoms with Crippen LogP contribution in [0, 0.1) is 0 Å². The second-order valence-corrected chi connectivity index (χ2v) is 5.44. The summed E-state index contributed by atoms with van der Waals surface area (Å²) in [6.45, 7) is 2.52. The smallest absolute Gasteiger partial charge is 0.254 e. The molecule has 0 aliphatic carbocycles. The first kappa shape index (κ1) is 13.8. The fourth-order valence-corrected chi connectivity index (χ4v) is 2.95. The number of nitrogens with zero attached hydrogens (tertiary/aromatic N) is 3. The molecule has 1 aliphatic heterocycles. The Kier molecular flexibility index (Phi) is 3.73. The van der Waals surface area contributed by atoms with Crippen molar-refractivity contribution in [2.45, 2.75) is 38.6 Å². The van der Waals surface area contributed by atoms with E-state index in [9.17, 15) is 9.59 Å². The molecule has 0 aromatic carbocycles. The maximum absolute atomic E-state index is 12.7. The zero-order valence-corrected chi connectivity index (χ0v) is 12.2. The number of likely N-dealkylation sites (tertiary alicyclic amines) is 1. The summed E-state index contributed by atoms with van der Waals surface area (Å²) in [5.41, 5.74) is 1.35. The van der Waals surface area contributed by atoms with E-state index in [1.807, 2.05) is 23.7 Å². The molecule has 110 valence electrons. The Morgan fingerprint density at radius 2 is 2.19 bits per heavy atom. The van der Waals surface area contributed by atoms with E-state index in [-0.39, 0.29) is 17.7 Å². The molecule has 0 unspecified atom stereocenters. The van der Waals surface area contributed by atoms with Gasteiger partial charge < -0.3 is 9.30 Å². The second kappa shape index (κ2) is 5.68. The van der Waals surface area contributed by atoms with E-state index in [4.69, 9.17) is 0 Å².